The third-order valence-electron chi connectivity index (χ3n) is 7.97. The Morgan fingerprint density at radius 3 is 2.79 bits per heavy atom. The molecule has 0 spiro atoms. The van der Waals surface area contributed by atoms with Gasteiger partial charge in [0.1, 0.15) is 11.3 Å². The van der Waals surface area contributed by atoms with Gasteiger partial charge in [-0.15, -0.1) is 0 Å². The van der Waals surface area contributed by atoms with Crippen LogP contribution in [-0.2, 0) is 0 Å². The maximum Gasteiger partial charge on any atom is 0.336 e. The molecular formula is C25H32O3. The predicted octanol–water partition coefficient (Wildman–Crippen LogP) is 6.22. The first-order valence-corrected chi connectivity index (χ1v) is 10.4. The van der Waals surface area contributed by atoms with Crippen LogP contribution >= 0.6 is 0 Å². The van der Waals surface area contributed by atoms with Crippen LogP contribution in [0, 0.1) is 29.1 Å². The Bertz CT molecular complexity index is 942. The van der Waals surface area contributed by atoms with Gasteiger partial charge in [-0.1, -0.05) is 26.5 Å². The van der Waals surface area contributed by atoms with E-state index in [1.54, 1.807) is 6.07 Å². The van der Waals surface area contributed by atoms with E-state index in [0.717, 1.165) is 35.3 Å². The van der Waals surface area contributed by atoms with Crippen molar-refractivity contribution < 1.29 is 9.15 Å². The van der Waals surface area contributed by atoms with Crippen molar-refractivity contribution >= 4 is 11.0 Å². The number of rotatable bonds is 3. The normalized spacial score (nSPS) is 34.0. The summed E-state index contributed by atoms with van der Waals surface area (Å²) < 4.78 is 11.5. The molecule has 0 aliphatic heterocycles. The lowest BCUT2D eigenvalue weighted by Gasteiger charge is -2.60. The van der Waals surface area contributed by atoms with E-state index in [1.165, 1.54) is 43.7 Å². The van der Waals surface area contributed by atoms with Crippen LogP contribution in [0.3, 0.4) is 0 Å². The van der Waals surface area contributed by atoms with Crippen molar-refractivity contribution in [3.05, 3.63) is 52.9 Å². The zero-order valence-electron chi connectivity index (χ0n) is 16.1. The summed E-state index contributed by atoms with van der Waals surface area (Å²) in [6, 6.07) is 9.00. The summed E-state index contributed by atoms with van der Waals surface area (Å²) in [5.41, 5.74) is 1.94. The standard InChI is InChI=1S/C24H28O3.CH4/c1-15-3-9-20-19-8-5-16(19)11-12-24(20,2)21(15)14-26-18-7-4-17-6-10-23(25)27-22(17)13-18;/h4,6-7,10,13,16,19-21H,1,3,5,8-9,11-12,14H2,2H3;1H4/t16-,19-,20?,21-,24-;/m0./s1. The van der Waals surface area contributed by atoms with Crippen molar-refractivity contribution in [3.63, 3.8) is 0 Å². The first-order chi connectivity index (χ1) is 13.0. The number of fused-ring (bicyclic) bond motifs is 4. The molecule has 0 saturated heterocycles. The largest absolute Gasteiger partial charge is 0.493 e. The van der Waals surface area contributed by atoms with Crippen LogP contribution in [-0.4, -0.2) is 6.61 Å². The molecule has 1 aromatic carbocycles. The Hall–Kier alpha value is -2.03. The minimum Gasteiger partial charge on any atom is -0.493 e. The van der Waals surface area contributed by atoms with Crippen molar-refractivity contribution in [1.29, 1.82) is 0 Å². The van der Waals surface area contributed by atoms with Gasteiger partial charge in [0.15, 0.2) is 0 Å². The van der Waals surface area contributed by atoms with Crippen molar-refractivity contribution in [2.45, 2.75) is 52.9 Å². The Kier molecular flexibility index (Phi) is 4.89. The number of ether oxygens (including phenoxy) is 1. The molecule has 0 bridgehead atoms. The summed E-state index contributed by atoms with van der Waals surface area (Å²) in [7, 11) is 0. The van der Waals surface area contributed by atoms with Gasteiger partial charge in [0, 0.05) is 23.4 Å². The first-order valence-electron chi connectivity index (χ1n) is 10.4. The van der Waals surface area contributed by atoms with Gasteiger partial charge in [0.2, 0.25) is 0 Å². The lowest BCUT2D eigenvalue weighted by Crippen LogP contribution is -2.53. The molecule has 3 heteroatoms. The summed E-state index contributed by atoms with van der Waals surface area (Å²) >= 11 is 0. The van der Waals surface area contributed by atoms with E-state index in [9.17, 15) is 4.79 Å². The minimum atomic E-state index is -0.326. The molecule has 1 unspecified atom stereocenters. The van der Waals surface area contributed by atoms with Gasteiger partial charge in [0.05, 0.1) is 6.61 Å². The second-order valence-corrected chi connectivity index (χ2v) is 9.17. The van der Waals surface area contributed by atoms with Gasteiger partial charge >= 0.3 is 5.63 Å². The molecule has 3 saturated carbocycles. The van der Waals surface area contributed by atoms with Gasteiger partial charge in [-0.25, -0.2) is 4.79 Å². The molecule has 2 aromatic rings. The number of hydrogen-bond donors (Lipinski definition) is 0. The monoisotopic (exact) mass is 380 g/mol. The molecule has 3 nitrogen and oxygen atoms in total. The smallest absolute Gasteiger partial charge is 0.336 e. The maximum absolute atomic E-state index is 11.5. The van der Waals surface area contributed by atoms with E-state index in [-0.39, 0.29) is 13.1 Å². The highest BCUT2D eigenvalue weighted by Gasteiger charge is 2.55. The molecule has 0 N–H and O–H groups in total. The SMILES string of the molecule is C.C=C1CCC2[C@H]3CC[C@H]3CC[C@]2(C)[C@H]1COc1ccc2ccc(=O)oc2c1. The molecule has 1 aromatic heterocycles. The fraction of sp³-hybridized carbons (Fsp3) is 0.560. The molecule has 0 radical (unpaired) electrons. The van der Waals surface area contributed by atoms with Crippen LogP contribution in [0.25, 0.3) is 11.0 Å². The average molecular weight is 381 g/mol. The number of benzene rings is 1. The maximum atomic E-state index is 11.5. The molecule has 3 aliphatic rings. The van der Waals surface area contributed by atoms with Crippen LogP contribution in [0.1, 0.15) is 52.9 Å². The third kappa shape index (κ3) is 3.00. The Morgan fingerprint density at radius 1 is 1.18 bits per heavy atom. The topological polar surface area (TPSA) is 39.4 Å². The van der Waals surface area contributed by atoms with Gasteiger partial charge < -0.3 is 9.15 Å². The predicted molar refractivity (Wildman–Crippen MR) is 114 cm³/mol. The highest BCUT2D eigenvalue weighted by Crippen LogP contribution is 2.62. The second kappa shape index (κ2) is 7.09. The highest BCUT2D eigenvalue weighted by molar-refractivity contribution is 5.77. The van der Waals surface area contributed by atoms with E-state index in [1.807, 2.05) is 18.2 Å². The summed E-state index contributed by atoms with van der Waals surface area (Å²) in [4.78, 5) is 11.5. The summed E-state index contributed by atoms with van der Waals surface area (Å²) in [6.07, 6.45) is 8.01. The molecular weight excluding hydrogens is 348 g/mol. The zero-order valence-corrected chi connectivity index (χ0v) is 16.1. The summed E-state index contributed by atoms with van der Waals surface area (Å²) in [5, 5.41) is 0.916. The van der Waals surface area contributed by atoms with Crippen molar-refractivity contribution in [3.8, 4) is 5.75 Å². The van der Waals surface area contributed by atoms with E-state index in [4.69, 9.17) is 9.15 Å². The van der Waals surface area contributed by atoms with Gasteiger partial charge in [-0.2, -0.15) is 0 Å². The summed E-state index contributed by atoms with van der Waals surface area (Å²) in [5.74, 6) is 3.94. The third-order valence-corrected chi connectivity index (χ3v) is 7.97. The van der Waals surface area contributed by atoms with Crippen LogP contribution in [0.4, 0.5) is 0 Å². The Labute approximate surface area is 167 Å². The van der Waals surface area contributed by atoms with E-state index < -0.39 is 0 Å². The molecule has 3 aliphatic carbocycles. The fourth-order valence-electron chi connectivity index (χ4n) is 6.23. The Balaban J connectivity index is 0.00000192. The second-order valence-electron chi connectivity index (χ2n) is 9.17. The average Bonchev–Trinajstić information content (AvgIpc) is 2.62. The molecule has 1 heterocycles. The lowest BCUT2D eigenvalue weighted by atomic mass is 9.45. The van der Waals surface area contributed by atoms with Gasteiger partial charge in [-0.05, 0) is 79.9 Å². The zero-order chi connectivity index (χ0) is 18.6. The van der Waals surface area contributed by atoms with Crippen molar-refractivity contribution in [1.82, 2.24) is 0 Å². The van der Waals surface area contributed by atoms with Crippen molar-refractivity contribution in [2.24, 2.45) is 29.1 Å². The fourth-order valence-corrected chi connectivity index (χ4v) is 6.23. The molecule has 150 valence electrons. The van der Waals surface area contributed by atoms with E-state index in [0.29, 0.717) is 23.5 Å². The Morgan fingerprint density at radius 2 is 2.00 bits per heavy atom. The van der Waals surface area contributed by atoms with E-state index >= 15 is 0 Å². The minimum absolute atomic E-state index is 0. The summed E-state index contributed by atoms with van der Waals surface area (Å²) in [6.45, 7) is 7.59. The van der Waals surface area contributed by atoms with Gasteiger partial charge in [0.25, 0.3) is 0 Å². The lowest BCUT2D eigenvalue weighted by molar-refractivity contribution is -0.0896. The van der Waals surface area contributed by atoms with Crippen LogP contribution in [0.2, 0.25) is 0 Å². The first kappa shape index (κ1) is 19.3. The molecule has 0 amide bonds. The van der Waals surface area contributed by atoms with Crippen LogP contribution in [0.5, 0.6) is 5.75 Å². The molecule has 3 fully saturated rings. The molecule has 28 heavy (non-hydrogen) atoms. The highest BCUT2D eigenvalue weighted by atomic mass is 16.5. The van der Waals surface area contributed by atoms with E-state index in [2.05, 4.69) is 13.5 Å². The molecule has 5 atom stereocenters. The van der Waals surface area contributed by atoms with Crippen LogP contribution in [0.15, 0.2) is 51.7 Å². The van der Waals surface area contributed by atoms with Gasteiger partial charge in [-0.3, -0.25) is 0 Å². The quantitative estimate of drug-likeness (QED) is 0.469. The molecule has 5 rings (SSSR count). The van der Waals surface area contributed by atoms with Crippen LogP contribution < -0.4 is 10.4 Å². The van der Waals surface area contributed by atoms with Crippen molar-refractivity contribution in [2.75, 3.05) is 6.61 Å². The number of hydrogen-bond acceptors (Lipinski definition) is 3.